The highest BCUT2D eigenvalue weighted by Gasteiger charge is 2.33. The van der Waals surface area contributed by atoms with Gasteiger partial charge < -0.3 is 14.5 Å². The van der Waals surface area contributed by atoms with E-state index in [0.29, 0.717) is 18.6 Å². The Hall–Kier alpha value is -1.43. The quantitative estimate of drug-likeness (QED) is 0.763. The number of hydrogen-bond donors (Lipinski definition) is 0. The molecule has 3 heterocycles. The van der Waals surface area contributed by atoms with Gasteiger partial charge in [-0.15, -0.1) is 0 Å². The molecule has 160 valence electrons. The maximum atomic E-state index is 13.0. The fraction of sp³-hybridized carbons (Fsp3) is 0.708. The Morgan fingerprint density at radius 3 is 2.59 bits per heavy atom. The number of hydrogen-bond acceptors (Lipinski definition) is 4. The van der Waals surface area contributed by atoms with Crippen molar-refractivity contribution in [2.24, 2.45) is 5.92 Å². The third kappa shape index (κ3) is 5.80. The van der Waals surface area contributed by atoms with Gasteiger partial charge in [-0.1, -0.05) is 30.3 Å². The molecule has 3 aliphatic rings. The van der Waals surface area contributed by atoms with Gasteiger partial charge in [-0.2, -0.15) is 0 Å². The highest BCUT2D eigenvalue weighted by Crippen LogP contribution is 2.25. The maximum Gasteiger partial charge on any atom is 0.227 e. The molecule has 1 atom stereocenters. The molecular formula is C24H37N3O2. The van der Waals surface area contributed by atoms with E-state index in [1.165, 1.54) is 38.0 Å². The van der Waals surface area contributed by atoms with Crippen molar-refractivity contribution in [3.8, 4) is 0 Å². The lowest BCUT2D eigenvalue weighted by molar-refractivity contribution is -0.137. The Morgan fingerprint density at radius 2 is 1.76 bits per heavy atom. The second-order valence-corrected chi connectivity index (χ2v) is 8.93. The molecule has 0 saturated carbocycles. The van der Waals surface area contributed by atoms with E-state index in [-0.39, 0.29) is 5.92 Å². The Bertz CT molecular complexity index is 622. The van der Waals surface area contributed by atoms with E-state index >= 15 is 0 Å². The van der Waals surface area contributed by atoms with Crippen LogP contribution in [-0.2, 0) is 16.0 Å². The molecule has 1 aromatic carbocycles. The molecule has 5 nitrogen and oxygen atoms in total. The first kappa shape index (κ1) is 20.8. The number of rotatable bonds is 5. The minimum Gasteiger partial charge on any atom is -0.380 e. The van der Waals surface area contributed by atoms with Gasteiger partial charge >= 0.3 is 0 Å². The molecule has 3 aliphatic heterocycles. The molecule has 0 unspecified atom stereocenters. The number of benzene rings is 1. The lowest BCUT2D eigenvalue weighted by Crippen LogP contribution is -2.51. The van der Waals surface area contributed by atoms with E-state index in [0.717, 1.165) is 58.5 Å². The number of piperidine rings is 2. The van der Waals surface area contributed by atoms with Crippen LogP contribution in [0.15, 0.2) is 30.3 Å². The third-order valence-corrected chi connectivity index (χ3v) is 6.97. The molecule has 0 spiro atoms. The number of likely N-dealkylation sites (tertiary alicyclic amines) is 2. The van der Waals surface area contributed by atoms with Crippen molar-refractivity contribution in [3.05, 3.63) is 35.9 Å². The smallest absolute Gasteiger partial charge is 0.227 e. The molecule has 0 aliphatic carbocycles. The zero-order chi connectivity index (χ0) is 19.9. The van der Waals surface area contributed by atoms with Crippen molar-refractivity contribution < 1.29 is 9.53 Å². The van der Waals surface area contributed by atoms with Crippen molar-refractivity contribution in [1.29, 1.82) is 0 Å². The highest BCUT2D eigenvalue weighted by atomic mass is 16.5. The van der Waals surface area contributed by atoms with Crippen LogP contribution in [0, 0.1) is 5.92 Å². The Balaban J connectivity index is 1.22. The number of nitrogens with zero attached hydrogens (tertiary/aromatic N) is 3. The Morgan fingerprint density at radius 1 is 0.931 bits per heavy atom. The van der Waals surface area contributed by atoms with Crippen molar-refractivity contribution in [3.63, 3.8) is 0 Å². The molecule has 1 amide bonds. The summed E-state index contributed by atoms with van der Waals surface area (Å²) in [5.41, 5.74) is 1.44. The summed E-state index contributed by atoms with van der Waals surface area (Å²) in [6.07, 6.45) is 6.83. The van der Waals surface area contributed by atoms with E-state index in [4.69, 9.17) is 4.74 Å². The molecule has 3 fully saturated rings. The van der Waals surface area contributed by atoms with Crippen LogP contribution in [0.25, 0.3) is 0 Å². The van der Waals surface area contributed by atoms with Crippen LogP contribution in [0.4, 0.5) is 0 Å². The number of ether oxygens (including phenoxy) is 1. The summed E-state index contributed by atoms with van der Waals surface area (Å²) in [5.74, 6) is 0.568. The normalized spacial score (nSPS) is 25.7. The van der Waals surface area contributed by atoms with Crippen LogP contribution in [-0.4, -0.2) is 85.7 Å². The summed E-state index contributed by atoms with van der Waals surface area (Å²) in [6, 6.07) is 11.5. The molecule has 3 saturated heterocycles. The largest absolute Gasteiger partial charge is 0.380 e. The summed E-state index contributed by atoms with van der Waals surface area (Å²) < 4.78 is 5.53. The van der Waals surface area contributed by atoms with E-state index in [1.54, 1.807) is 0 Å². The number of amides is 1. The van der Waals surface area contributed by atoms with Crippen LogP contribution < -0.4 is 0 Å². The predicted molar refractivity (Wildman–Crippen MR) is 116 cm³/mol. The monoisotopic (exact) mass is 399 g/mol. The molecule has 29 heavy (non-hydrogen) atoms. The van der Waals surface area contributed by atoms with Gasteiger partial charge in [0.25, 0.3) is 0 Å². The van der Waals surface area contributed by atoms with E-state index in [2.05, 4.69) is 45.0 Å². The standard InChI is InChI=1S/C24H37N3O2/c28-24(26-13-5-18-29-19-17-26)22-8-4-12-27(20-22)23-10-15-25(16-11-23)14-9-21-6-2-1-3-7-21/h1-3,6-7,22-23H,4-5,8-20H2/t22-/m1/s1. The zero-order valence-electron chi connectivity index (χ0n) is 17.8. The van der Waals surface area contributed by atoms with Gasteiger partial charge in [-0.3, -0.25) is 9.69 Å². The first-order valence-electron chi connectivity index (χ1n) is 11.7. The SMILES string of the molecule is O=C([C@@H]1CCCN(C2CCN(CCc3ccccc3)CC2)C1)N1CCCOCC1. The summed E-state index contributed by atoms with van der Waals surface area (Å²) >= 11 is 0. The first-order chi connectivity index (χ1) is 14.3. The maximum absolute atomic E-state index is 13.0. The van der Waals surface area contributed by atoms with Gasteiger partial charge in [0.2, 0.25) is 5.91 Å². The molecule has 0 radical (unpaired) electrons. The zero-order valence-corrected chi connectivity index (χ0v) is 17.8. The minimum atomic E-state index is 0.193. The lowest BCUT2D eigenvalue weighted by Gasteiger charge is -2.42. The van der Waals surface area contributed by atoms with Gasteiger partial charge in [0.1, 0.15) is 0 Å². The van der Waals surface area contributed by atoms with Crippen LogP contribution in [0.3, 0.4) is 0 Å². The molecule has 5 heteroatoms. The molecule has 1 aromatic rings. The van der Waals surface area contributed by atoms with Crippen LogP contribution in [0.2, 0.25) is 0 Å². The van der Waals surface area contributed by atoms with E-state index in [9.17, 15) is 4.79 Å². The summed E-state index contributed by atoms with van der Waals surface area (Å²) in [4.78, 5) is 20.4. The Labute approximate surface area is 176 Å². The van der Waals surface area contributed by atoms with Gasteiger partial charge in [0, 0.05) is 38.8 Å². The fourth-order valence-corrected chi connectivity index (χ4v) is 5.20. The van der Waals surface area contributed by atoms with Gasteiger partial charge in [0.05, 0.1) is 12.5 Å². The van der Waals surface area contributed by atoms with Crippen LogP contribution in [0.5, 0.6) is 0 Å². The molecular weight excluding hydrogens is 362 g/mol. The minimum absolute atomic E-state index is 0.193. The summed E-state index contributed by atoms with van der Waals surface area (Å²) in [5, 5.41) is 0. The highest BCUT2D eigenvalue weighted by molar-refractivity contribution is 5.79. The van der Waals surface area contributed by atoms with Crippen LogP contribution >= 0.6 is 0 Å². The Kier molecular flexibility index (Phi) is 7.58. The topological polar surface area (TPSA) is 36.0 Å². The van der Waals surface area contributed by atoms with Gasteiger partial charge in [-0.25, -0.2) is 0 Å². The lowest BCUT2D eigenvalue weighted by atomic mass is 9.92. The van der Waals surface area contributed by atoms with Crippen LogP contribution in [0.1, 0.15) is 37.7 Å². The fourth-order valence-electron chi connectivity index (χ4n) is 5.20. The summed E-state index contributed by atoms with van der Waals surface area (Å²) in [6.45, 7) is 8.81. The van der Waals surface area contributed by atoms with Crippen molar-refractivity contribution in [2.45, 2.75) is 44.6 Å². The van der Waals surface area contributed by atoms with E-state index in [1.807, 2.05) is 0 Å². The summed E-state index contributed by atoms with van der Waals surface area (Å²) in [7, 11) is 0. The third-order valence-electron chi connectivity index (χ3n) is 6.97. The van der Waals surface area contributed by atoms with Gasteiger partial charge in [-0.05, 0) is 63.7 Å². The van der Waals surface area contributed by atoms with Gasteiger partial charge in [0.15, 0.2) is 0 Å². The van der Waals surface area contributed by atoms with E-state index < -0.39 is 0 Å². The second kappa shape index (κ2) is 10.6. The number of carbonyl (C=O) groups excluding carboxylic acids is 1. The molecule has 4 rings (SSSR count). The van der Waals surface area contributed by atoms with Crippen molar-refractivity contribution >= 4 is 5.91 Å². The molecule has 0 aromatic heterocycles. The first-order valence-corrected chi connectivity index (χ1v) is 11.7. The van der Waals surface area contributed by atoms with Crippen molar-refractivity contribution in [1.82, 2.24) is 14.7 Å². The average molecular weight is 400 g/mol. The molecule has 0 N–H and O–H groups in total. The average Bonchev–Trinajstić information content (AvgIpc) is 3.08. The molecule has 0 bridgehead atoms. The number of carbonyl (C=O) groups is 1. The predicted octanol–water partition coefficient (Wildman–Crippen LogP) is 2.65. The van der Waals surface area contributed by atoms with Crippen molar-refractivity contribution in [2.75, 3.05) is 59.0 Å². The second-order valence-electron chi connectivity index (χ2n) is 8.93.